The maximum absolute atomic E-state index is 12.0. The molecule has 19 heavy (non-hydrogen) atoms. The zero-order valence-electron chi connectivity index (χ0n) is 9.52. The molecule has 102 valence electrons. The summed E-state index contributed by atoms with van der Waals surface area (Å²) in [5.74, 6) is -1.65. The van der Waals surface area contributed by atoms with Gasteiger partial charge in [-0.1, -0.05) is 0 Å². The molecule has 3 atom stereocenters. The van der Waals surface area contributed by atoms with Crippen molar-refractivity contribution in [1.29, 1.82) is 0 Å². The van der Waals surface area contributed by atoms with E-state index in [2.05, 4.69) is 0 Å². The topological polar surface area (TPSA) is 118 Å². The van der Waals surface area contributed by atoms with Crippen molar-refractivity contribution in [1.82, 2.24) is 9.80 Å². The van der Waals surface area contributed by atoms with Gasteiger partial charge in [0.1, 0.15) is 6.04 Å². The Bertz CT molecular complexity index is 532. The fourth-order valence-corrected chi connectivity index (χ4v) is 4.18. The fourth-order valence-electron chi connectivity index (χ4n) is 2.85. The molecule has 0 saturated carbocycles. The molecule has 0 radical (unpaired) electrons. The van der Waals surface area contributed by atoms with Crippen LogP contribution >= 0.6 is 11.8 Å². The minimum absolute atomic E-state index is 0.0707. The van der Waals surface area contributed by atoms with E-state index in [-0.39, 0.29) is 5.88 Å². The molecule has 0 aliphatic carbocycles. The first-order valence-electron chi connectivity index (χ1n) is 5.50. The Hall–Kier alpha value is -1.74. The normalized spacial score (nSPS) is 32.3. The molecular formula is C10H10N2O6S. The van der Waals surface area contributed by atoms with Crippen molar-refractivity contribution in [2.24, 2.45) is 0 Å². The molecule has 0 spiro atoms. The van der Waals surface area contributed by atoms with Crippen molar-refractivity contribution in [3.05, 3.63) is 10.5 Å². The molecular weight excluding hydrogens is 276 g/mol. The Morgan fingerprint density at radius 2 is 2.00 bits per heavy atom. The number of carboxylic acid groups (broad SMARTS) is 2. The van der Waals surface area contributed by atoms with Crippen molar-refractivity contribution in [2.45, 2.75) is 18.1 Å². The standard InChI is InChI=1S/C10H10N2O6S/c13-1-3-4(9(15)16)12-5-6(8(12)14)11(10(17)18)2-19-7(3)5/h4-6,13H,1-2H2,(H,15,16)(H,17,18)/t4?,5-,6-/m0/s1. The summed E-state index contributed by atoms with van der Waals surface area (Å²) in [5.41, 5.74) is 0.295. The highest BCUT2D eigenvalue weighted by atomic mass is 32.2. The predicted octanol–water partition coefficient (Wildman–Crippen LogP) is -1.04. The van der Waals surface area contributed by atoms with Crippen LogP contribution in [0.3, 0.4) is 0 Å². The highest BCUT2D eigenvalue weighted by Gasteiger charge is 2.64. The second kappa shape index (κ2) is 3.87. The van der Waals surface area contributed by atoms with Crippen LogP contribution in [0.15, 0.2) is 10.5 Å². The fraction of sp³-hybridized carbons (Fsp3) is 0.500. The number of carbonyl (C=O) groups excluding carboxylic acids is 1. The molecule has 3 rings (SSSR count). The highest BCUT2D eigenvalue weighted by molar-refractivity contribution is 8.03. The number of carbonyl (C=O) groups is 3. The van der Waals surface area contributed by atoms with Gasteiger partial charge in [0, 0.05) is 10.5 Å². The summed E-state index contributed by atoms with van der Waals surface area (Å²) >= 11 is 1.17. The van der Waals surface area contributed by atoms with Crippen LogP contribution in [0, 0.1) is 0 Å². The largest absolute Gasteiger partial charge is 0.479 e. The van der Waals surface area contributed by atoms with Gasteiger partial charge in [-0.05, 0) is 0 Å². The number of aliphatic carboxylic acids is 1. The number of amides is 2. The first-order valence-corrected chi connectivity index (χ1v) is 6.48. The Kier molecular flexibility index (Phi) is 2.51. The van der Waals surface area contributed by atoms with E-state index in [4.69, 9.17) is 5.11 Å². The lowest BCUT2D eigenvalue weighted by Gasteiger charge is -2.51. The molecule has 3 heterocycles. The van der Waals surface area contributed by atoms with Crippen LogP contribution in [0.4, 0.5) is 4.79 Å². The summed E-state index contributed by atoms with van der Waals surface area (Å²) in [5, 5.41) is 27.5. The maximum Gasteiger partial charge on any atom is 0.408 e. The summed E-state index contributed by atoms with van der Waals surface area (Å²) in [4.78, 5) is 37.0. The number of rotatable bonds is 2. The molecule has 3 N–H and O–H groups in total. The molecule has 3 aliphatic rings. The summed E-state index contributed by atoms with van der Waals surface area (Å²) in [6, 6.07) is -2.57. The lowest BCUT2D eigenvalue weighted by Crippen LogP contribution is -2.73. The van der Waals surface area contributed by atoms with Crippen molar-refractivity contribution in [3.8, 4) is 0 Å². The lowest BCUT2D eigenvalue weighted by atomic mass is 9.95. The van der Waals surface area contributed by atoms with Crippen LogP contribution in [0.25, 0.3) is 0 Å². The number of aliphatic hydroxyl groups excluding tert-OH is 1. The van der Waals surface area contributed by atoms with E-state index in [1.807, 2.05) is 0 Å². The van der Waals surface area contributed by atoms with Crippen LogP contribution in [-0.2, 0) is 9.59 Å². The molecule has 0 bridgehead atoms. The monoisotopic (exact) mass is 286 g/mol. The summed E-state index contributed by atoms with van der Waals surface area (Å²) in [6.07, 6.45) is -1.20. The minimum atomic E-state index is -1.21. The van der Waals surface area contributed by atoms with Crippen LogP contribution in [-0.4, -0.2) is 73.7 Å². The molecule has 3 aliphatic heterocycles. The molecule has 2 saturated heterocycles. The Labute approximate surface area is 111 Å². The average molecular weight is 286 g/mol. The third-order valence-electron chi connectivity index (χ3n) is 3.64. The van der Waals surface area contributed by atoms with E-state index in [0.29, 0.717) is 10.5 Å². The minimum Gasteiger partial charge on any atom is -0.479 e. The van der Waals surface area contributed by atoms with E-state index < -0.39 is 42.7 Å². The Balaban J connectivity index is 2.02. The summed E-state index contributed by atoms with van der Waals surface area (Å²) < 4.78 is 0. The second-order valence-electron chi connectivity index (χ2n) is 4.45. The van der Waals surface area contributed by atoms with E-state index >= 15 is 0 Å². The van der Waals surface area contributed by atoms with Crippen LogP contribution < -0.4 is 0 Å². The summed E-state index contributed by atoms with van der Waals surface area (Å²) in [6.45, 7) is -0.445. The number of aliphatic hydroxyl groups is 1. The maximum atomic E-state index is 12.0. The van der Waals surface area contributed by atoms with E-state index in [9.17, 15) is 24.6 Å². The third-order valence-corrected chi connectivity index (χ3v) is 4.87. The summed E-state index contributed by atoms with van der Waals surface area (Å²) in [7, 11) is 0. The van der Waals surface area contributed by atoms with Gasteiger partial charge in [0.2, 0.25) is 5.91 Å². The van der Waals surface area contributed by atoms with Crippen molar-refractivity contribution < 1.29 is 29.7 Å². The van der Waals surface area contributed by atoms with E-state index in [0.717, 1.165) is 9.80 Å². The third kappa shape index (κ3) is 1.36. The lowest BCUT2D eigenvalue weighted by molar-refractivity contribution is -0.163. The van der Waals surface area contributed by atoms with Gasteiger partial charge >= 0.3 is 12.1 Å². The second-order valence-corrected chi connectivity index (χ2v) is 5.44. The Morgan fingerprint density at radius 3 is 2.53 bits per heavy atom. The molecule has 0 aromatic carbocycles. The first kappa shape index (κ1) is 12.3. The van der Waals surface area contributed by atoms with Crippen LogP contribution in [0.1, 0.15) is 0 Å². The van der Waals surface area contributed by atoms with Gasteiger partial charge in [0.15, 0.2) is 6.04 Å². The highest BCUT2D eigenvalue weighted by Crippen LogP contribution is 2.50. The SMILES string of the molecule is O=C(O)C1C(CO)=C2SCN(C(=O)O)[C@@H]3C(=O)N1[C@H]23. The number of carboxylic acids is 1. The van der Waals surface area contributed by atoms with Crippen LogP contribution in [0.5, 0.6) is 0 Å². The molecule has 2 fully saturated rings. The molecule has 2 amide bonds. The number of thioether (sulfide) groups is 1. The zero-order valence-corrected chi connectivity index (χ0v) is 10.3. The van der Waals surface area contributed by atoms with Crippen molar-refractivity contribution in [3.63, 3.8) is 0 Å². The zero-order chi connectivity index (χ0) is 13.9. The number of β-lactam (4-membered cyclic amide) rings is 1. The van der Waals surface area contributed by atoms with Crippen LogP contribution in [0.2, 0.25) is 0 Å². The quantitative estimate of drug-likeness (QED) is 0.555. The van der Waals surface area contributed by atoms with Gasteiger partial charge in [0.05, 0.1) is 18.5 Å². The van der Waals surface area contributed by atoms with Gasteiger partial charge < -0.3 is 20.2 Å². The number of hydrogen-bond acceptors (Lipinski definition) is 5. The van der Waals surface area contributed by atoms with Gasteiger partial charge in [-0.15, -0.1) is 11.8 Å². The Morgan fingerprint density at radius 1 is 1.32 bits per heavy atom. The van der Waals surface area contributed by atoms with Gasteiger partial charge in [-0.3, -0.25) is 9.69 Å². The molecule has 1 unspecified atom stereocenters. The van der Waals surface area contributed by atoms with Gasteiger partial charge in [-0.25, -0.2) is 9.59 Å². The van der Waals surface area contributed by atoms with Gasteiger partial charge in [-0.2, -0.15) is 0 Å². The molecule has 0 aromatic heterocycles. The van der Waals surface area contributed by atoms with E-state index in [1.54, 1.807) is 0 Å². The van der Waals surface area contributed by atoms with Crippen molar-refractivity contribution >= 4 is 29.7 Å². The van der Waals surface area contributed by atoms with Crippen molar-refractivity contribution in [2.75, 3.05) is 12.5 Å². The number of nitrogens with zero attached hydrogens (tertiary/aromatic N) is 2. The predicted molar refractivity (Wildman–Crippen MR) is 62.3 cm³/mol. The molecule has 0 aromatic rings. The molecule has 8 nitrogen and oxygen atoms in total. The average Bonchev–Trinajstić information content (AvgIpc) is 2.69. The first-order chi connectivity index (χ1) is 8.99. The smallest absolute Gasteiger partial charge is 0.408 e. The molecule has 9 heteroatoms. The van der Waals surface area contributed by atoms with E-state index in [1.165, 1.54) is 11.8 Å². The number of hydrogen-bond donors (Lipinski definition) is 3. The van der Waals surface area contributed by atoms with Gasteiger partial charge in [0.25, 0.3) is 0 Å².